The average Bonchev–Trinajstić information content (AvgIpc) is 2.43. The Bertz CT molecular complexity index is 578. The Morgan fingerprint density at radius 3 is 2.57 bits per heavy atom. The normalized spacial score (nSPS) is 12.6. The molecule has 112 valence electrons. The van der Waals surface area contributed by atoms with Gasteiger partial charge in [-0.3, -0.25) is 0 Å². The van der Waals surface area contributed by atoms with E-state index >= 15 is 0 Å². The summed E-state index contributed by atoms with van der Waals surface area (Å²) in [4.78, 5) is 0. The van der Waals surface area contributed by atoms with Crippen molar-refractivity contribution in [2.75, 3.05) is 0 Å². The van der Waals surface area contributed by atoms with E-state index in [2.05, 4.69) is 30.6 Å². The minimum atomic E-state index is -1.13. The highest BCUT2D eigenvalue weighted by atomic mass is 35.5. The summed E-state index contributed by atoms with van der Waals surface area (Å²) in [7, 11) is 0. The van der Waals surface area contributed by atoms with E-state index in [9.17, 15) is 14.6 Å². The Hall–Kier alpha value is -1.52. The molecule has 0 aliphatic carbocycles. The lowest BCUT2D eigenvalue weighted by Crippen LogP contribution is -2.01. The molecule has 0 spiro atoms. The van der Waals surface area contributed by atoms with Gasteiger partial charge in [-0.25, -0.2) is 4.39 Å². The van der Waals surface area contributed by atoms with Crippen molar-refractivity contribution in [3.05, 3.63) is 34.6 Å². The third kappa shape index (κ3) is 6.65. The summed E-state index contributed by atoms with van der Waals surface area (Å²) >= 11 is 5.81. The fourth-order valence-corrected chi connectivity index (χ4v) is 1.96. The van der Waals surface area contributed by atoms with E-state index in [0.717, 1.165) is 25.3 Å². The molecule has 1 aromatic rings. The number of unbranched alkanes of at least 4 members (excludes halogenated alkanes) is 2. The summed E-state index contributed by atoms with van der Waals surface area (Å²) in [6.45, 7) is 2.09. The molecule has 0 aliphatic rings. The minimum absolute atomic E-state index is 0.115. The maximum absolute atomic E-state index is 12.9. The number of benzene rings is 1. The van der Waals surface area contributed by atoms with E-state index in [-0.39, 0.29) is 5.02 Å². The molecule has 0 aliphatic heterocycles. The second-order valence-corrected chi connectivity index (χ2v) is 5.03. The average molecular weight is 309 g/mol. The largest absolute Gasteiger partial charge is 0.380 e. The Labute approximate surface area is 130 Å². The summed E-state index contributed by atoms with van der Waals surface area (Å²) < 4.78 is 12.9. The van der Waals surface area contributed by atoms with Gasteiger partial charge in [0.05, 0.1) is 5.02 Å². The van der Waals surface area contributed by atoms with Crippen LogP contribution >= 0.6 is 11.6 Å². The Morgan fingerprint density at radius 1 is 1.19 bits per heavy atom. The van der Waals surface area contributed by atoms with Gasteiger partial charge in [0.25, 0.3) is 0 Å². The summed E-state index contributed by atoms with van der Waals surface area (Å²) in [5.41, 5.74) is 0.330. The molecule has 1 rings (SSSR count). The Kier molecular flexibility index (Phi) is 7.87. The van der Waals surface area contributed by atoms with E-state index in [1.54, 1.807) is 0 Å². The van der Waals surface area contributed by atoms with E-state index < -0.39 is 18.0 Å². The topological polar surface area (TPSA) is 40.5 Å². The van der Waals surface area contributed by atoms with Crippen molar-refractivity contribution in [2.24, 2.45) is 0 Å². The van der Waals surface area contributed by atoms with Gasteiger partial charge < -0.3 is 10.2 Å². The van der Waals surface area contributed by atoms with Gasteiger partial charge >= 0.3 is 0 Å². The summed E-state index contributed by atoms with van der Waals surface area (Å²) in [5, 5.41) is 19.5. The lowest BCUT2D eigenvalue weighted by Gasteiger charge is -2.05. The van der Waals surface area contributed by atoms with Crippen LogP contribution in [0.25, 0.3) is 0 Å². The number of aliphatic hydroxyl groups excluding tert-OH is 2. The van der Waals surface area contributed by atoms with E-state index in [1.807, 2.05) is 0 Å². The van der Waals surface area contributed by atoms with Crippen LogP contribution in [-0.4, -0.2) is 16.3 Å². The fraction of sp³-hybridized carbons (Fsp3) is 0.412. The fourth-order valence-electron chi connectivity index (χ4n) is 1.68. The monoisotopic (exact) mass is 308 g/mol. The molecule has 0 fully saturated rings. The first-order valence-electron chi connectivity index (χ1n) is 6.86. The van der Waals surface area contributed by atoms with Crippen molar-refractivity contribution in [3.8, 4) is 23.7 Å². The zero-order valence-corrected chi connectivity index (χ0v) is 12.6. The van der Waals surface area contributed by atoms with Crippen molar-refractivity contribution < 1.29 is 14.6 Å². The highest BCUT2D eigenvalue weighted by Crippen LogP contribution is 2.23. The molecule has 2 unspecified atom stereocenters. The van der Waals surface area contributed by atoms with Gasteiger partial charge in [-0.05, 0) is 36.8 Å². The lowest BCUT2D eigenvalue weighted by molar-refractivity contribution is 0.217. The Balaban J connectivity index is 2.58. The first kappa shape index (κ1) is 17.5. The molecule has 2 atom stereocenters. The molecule has 1 aromatic carbocycles. The number of aliphatic hydroxyl groups is 2. The molecule has 0 saturated carbocycles. The van der Waals surface area contributed by atoms with Crippen LogP contribution in [0.5, 0.6) is 0 Å². The second-order valence-electron chi connectivity index (χ2n) is 4.62. The summed E-state index contributed by atoms with van der Waals surface area (Å²) in [5.74, 6) is 9.60. The van der Waals surface area contributed by atoms with Gasteiger partial charge in [0.2, 0.25) is 0 Å². The van der Waals surface area contributed by atoms with Gasteiger partial charge in [0.1, 0.15) is 18.0 Å². The number of hydrogen-bond acceptors (Lipinski definition) is 2. The predicted octanol–water partition coefficient (Wildman–Crippen LogP) is 3.46. The van der Waals surface area contributed by atoms with E-state index in [1.165, 1.54) is 12.1 Å². The quantitative estimate of drug-likeness (QED) is 0.646. The van der Waals surface area contributed by atoms with Gasteiger partial charge in [0, 0.05) is 5.56 Å². The zero-order valence-electron chi connectivity index (χ0n) is 11.9. The third-order valence-corrected chi connectivity index (χ3v) is 3.18. The van der Waals surface area contributed by atoms with E-state index in [0.29, 0.717) is 12.0 Å². The minimum Gasteiger partial charge on any atom is -0.380 e. The van der Waals surface area contributed by atoms with Crippen molar-refractivity contribution in [2.45, 2.75) is 44.8 Å². The van der Waals surface area contributed by atoms with Crippen LogP contribution in [0.3, 0.4) is 0 Å². The van der Waals surface area contributed by atoms with E-state index in [4.69, 9.17) is 11.6 Å². The maximum Gasteiger partial charge on any atom is 0.142 e. The molecule has 0 aromatic heterocycles. The SMILES string of the molecule is CCCCCC(O)C#CC#CC(O)c1ccc(F)cc1Cl. The van der Waals surface area contributed by atoms with Crippen LogP contribution in [0.2, 0.25) is 5.02 Å². The molecular weight excluding hydrogens is 291 g/mol. The van der Waals surface area contributed by atoms with Crippen LogP contribution in [0.15, 0.2) is 18.2 Å². The molecule has 0 heterocycles. The van der Waals surface area contributed by atoms with Crippen LogP contribution in [0.1, 0.15) is 44.3 Å². The maximum atomic E-state index is 12.9. The zero-order chi connectivity index (χ0) is 15.7. The first-order valence-corrected chi connectivity index (χ1v) is 7.24. The van der Waals surface area contributed by atoms with Crippen molar-refractivity contribution >= 4 is 11.6 Å². The van der Waals surface area contributed by atoms with Crippen molar-refractivity contribution in [1.29, 1.82) is 0 Å². The van der Waals surface area contributed by atoms with Crippen LogP contribution in [0, 0.1) is 29.5 Å². The molecule has 4 heteroatoms. The van der Waals surface area contributed by atoms with Gasteiger partial charge in [-0.2, -0.15) is 0 Å². The molecule has 0 radical (unpaired) electrons. The highest BCUT2D eigenvalue weighted by molar-refractivity contribution is 6.31. The third-order valence-electron chi connectivity index (χ3n) is 2.85. The van der Waals surface area contributed by atoms with Crippen molar-refractivity contribution in [3.63, 3.8) is 0 Å². The van der Waals surface area contributed by atoms with Crippen LogP contribution in [0.4, 0.5) is 4.39 Å². The van der Waals surface area contributed by atoms with Gasteiger partial charge in [0.15, 0.2) is 0 Å². The number of rotatable bonds is 5. The van der Waals surface area contributed by atoms with Gasteiger partial charge in [-0.1, -0.05) is 49.3 Å². The first-order chi connectivity index (χ1) is 10.0. The highest BCUT2D eigenvalue weighted by Gasteiger charge is 2.09. The predicted molar refractivity (Wildman–Crippen MR) is 82.1 cm³/mol. The standard InChI is InChI=1S/C17H18ClFO2/c1-2-3-4-7-14(20)8-5-6-9-17(21)15-11-10-13(19)12-16(15)18/h10-12,14,17,20-21H,2-4,7H2,1H3. The molecule has 0 bridgehead atoms. The molecule has 0 saturated heterocycles. The number of halogens is 2. The molecule has 0 amide bonds. The molecule has 21 heavy (non-hydrogen) atoms. The van der Waals surface area contributed by atoms with Crippen LogP contribution < -0.4 is 0 Å². The van der Waals surface area contributed by atoms with Crippen LogP contribution in [-0.2, 0) is 0 Å². The summed E-state index contributed by atoms with van der Waals surface area (Å²) in [6.07, 6.45) is 1.86. The summed E-state index contributed by atoms with van der Waals surface area (Å²) in [6, 6.07) is 3.70. The Morgan fingerprint density at radius 2 is 1.90 bits per heavy atom. The van der Waals surface area contributed by atoms with Gasteiger partial charge in [-0.15, -0.1) is 0 Å². The molecule has 2 N–H and O–H groups in total. The lowest BCUT2D eigenvalue weighted by atomic mass is 10.1. The smallest absolute Gasteiger partial charge is 0.142 e. The number of hydrogen-bond donors (Lipinski definition) is 2. The van der Waals surface area contributed by atoms with Crippen molar-refractivity contribution in [1.82, 2.24) is 0 Å². The molecular formula is C17H18ClFO2. The molecule has 2 nitrogen and oxygen atoms in total. The second kappa shape index (κ2) is 9.42.